The Morgan fingerprint density at radius 3 is 2.59 bits per heavy atom. The van der Waals surface area contributed by atoms with E-state index in [0.717, 1.165) is 4.47 Å². The Hall–Kier alpha value is -1.66. The van der Waals surface area contributed by atoms with E-state index in [4.69, 9.17) is 9.15 Å². The maximum Gasteiger partial charge on any atom is 0.349 e. The van der Waals surface area contributed by atoms with Crippen LogP contribution >= 0.6 is 15.9 Å². The summed E-state index contributed by atoms with van der Waals surface area (Å²) in [4.78, 5) is 26.4. The molecule has 1 aliphatic rings. The second-order valence-electron chi connectivity index (χ2n) is 5.60. The van der Waals surface area contributed by atoms with Gasteiger partial charge in [-0.15, -0.1) is 0 Å². The van der Waals surface area contributed by atoms with Crippen LogP contribution in [-0.2, 0) is 4.74 Å². The number of benzene rings is 1. The molecule has 2 aromatic rings. The molecule has 0 aliphatic carbocycles. The van der Waals surface area contributed by atoms with Gasteiger partial charge in [0.25, 0.3) is 5.91 Å². The summed E-state index contributed by atoms with van der Waals surface area (Å²) in [5.41, 5.74) is -0.0769. The Balaban J connectivity index is 2.00. The summed E-state index contributed by atoms with van der Waals surface area (Å²) in [6.45, 7) is 4.77. The molecule has 0 bridgehead atoms. The summed E-state index contributed by atoms with van der Waals surface area (Å²) < 4.78 is 11.7. The minimum absolute atomic E-state index is 0.0469. The maximum absolute atomic E-state index is 12.6. The van der Waals surface area contributed by atoms with E-state index < -0.39 is 5.63 Å². The Bertz CT molecular complexity index is 775. The number of hydrogen-bond donors (Lipinski definition) is 0. The lowest BCUT2D eigenvalue weighted by atomic mass is 10.1. The molecule has 0 radical (unpaired) electrons. The summed E-state index contributed by atoms with van der Waals surface area (Å²) >= 11 is 3.37. The van der Waals surface area contributed by atoms with Crippen molar-refractivity contribution in [1.82, 2.24) is 4.90 Å². The van der Waals surface area contributed by atoms with E-state index in [0.29, 0.717) is 24.1 Å². The first-order valence-electron chi connectivity index (χ1n) is 7.12. The van der Waals surface area contributed by atoms with Crippen LogP contribution in [0.3, 0.4) is 0 Å². The topological polar surface area (TPSA) is 59.8 Å². The maximum atomic E-state index is 12.6. The molecule has 0 N–H and O–H groups in total. The van der Waals surface area contributed by atoms with Crippen LogP contribution in [0, 0.1) is 0 Å². The second kappa shape index (κ2) is 5.85. The molecule has 2 heterocycles. The molecule has 0 spiro atoms. The first-order chi connectivity index (χ1) is 10.4. The standard InChI is InChI=1S/C16H16BrNO4/c1-9-7-18(8-10(2)21-9)15(19)13-6-11-5-12(17)3-4-14(11)22-16(13)20/h3-6,9-10H,7-8H2,1-2H3/t9-,10+. The fourth-order valence-corrected chi connectivity index (χ4v) is 3.14. The molecule has 22 heavy (non-hydrogen) atoms. The number of halogens is 1. The van der Waals surface area contributed by atoms with Crippen LogP contribution in [0.4, 0.5) is 0 Å². The number of rotatable bonds is 1. The molecule has 2 atom stereocenters. The van der Waals surface area contributed by atoms with Gasteiger partial charge in [-0.1, -0.05) is 15.9 Å². The molecule has 3 rings (SSSR count). The predicted octanol–water partition coefficient (Wildman–Crippen LogP) is 2.80. The van der Waals surface area contributed by atoms with Gasteiger partial charge in [0.2, 0.25) is 0 Å². The third kappa shape index (κ3) is 2.94. The van der Waals surface area contributed by atoms with E-state index in [-0.39, 0.29) is 23.7 Å². The third-order valence-corrected chi connectivity index (χ3v) is 4.12. The zero-order valence-electron chi connectivity index (χ0n) is 12.3. The average molecular weight is 366 g/mol. The predicted molar refractivity (Wildman–Crippen MR) is 86.1 cm³/mol. The van der Waals surface area contributed by atoms with Crippen LogP contribution in [0.15, 0.2) is 37.9 Å². The lowest BCUT2D eigenvalue weighted by Gasteiger charge is -2.35. The second-order valence-corrected chi connectivity index (χ2v) is 6.51. The first kappa shape index (κ1) is 15.2. The van der Waals surface area contributed by atoms with Gasteiger partial charge in [-0.3, -0.25) is 4.79 Å². The van der Waals surface area contributed by atoms with Gasteiger partial charge >= 0.3 is 5.63 Å². The number of hydrogen-bond acceptors (Lipinski definition) is 4. The van der Waals surface area contributed by atoms with Crippen LogP contribution in [0.25, 0.3) is 11.0 Å². The number of nitrogens with zero attached hydrogens (tertiary/aromatic N) is 1. The molecule has 116 valence electrons. The smallest absolute Gasteiger partial charge is 0.349 e. The summed E-state index contributed by atoms with van der Waals surface area (Å²) in [6.07, 6.45) is -0.0938. The van der Waals surface area contributed by atoms with Crippen molar-refractivity contribution < 1.29 is 13.9 Å². The van der Waals surface area contributed by atoms with Crippen molar-refractivity contribution in [3.8, 4) is 0 Å². The van der Waals surface area contributed by atoms with Crippen LogP contribution < -0.4 is 5.63 Å². The van der Waals surface area contributed by atoms with Gasteiger partial charge < -0.3 is 14.1 Å². The molecule has 1 aliphatic heterocycles. The lowest BCUT2D eigenvalue weighted by molar-refractivity contribution is -0.0587. The Labute approximate surface area is 136 Å². The zero-order chi connectivity index (χ0) is 15.9. The van der Waals surface area contributed by atoms with Gasteiger partial charge in [-0.05, 0) is 38.1 Å². The molecule has 6 heteroatoms. The van der Waals surface area contributed by atoms with Gasteiger partial charge in [0.05, 0.1) is 12.2 Å². The quantitative estimate of drug-likeness (QED) is 0.729. The number of fused-ring (bicyclic) bond motifs is 1. The van der Waals surface area contributed by atoms with Crippen molar-refractivity contribution >= 4 is 32.8 Å². The summed E-state index contributed by atoms with van der Waals surface area (Å²) in [6, 6.07) is 6.91. The summed E-state index contributed by atoms with van der Waals surface area (Å²) in [7, 11) is 0. The lowest BCUT2D eigenvalue weighted by Crippen LogP contribution is -2.49. The molecular formula is C16H16BrNO4. The fraction of sp³-hybridized carbons (Fsp3) is 0.375. The van der Waals surface area contributed by atoms with Crippen LogP contribution in [0.1, 0.15) is 24.2 Å². The van der Waals surface area contributed by atoms with Crippen LogP contribution in [0.2, 0.25) is 0 Å². The number of morpholine rings is 1. The monoisotopic (exact) mass is 365 g/mol. The molecule has 1 amide bonds. The molecule has 1 fully saturated rings. The van der Waals surface area contributed by atoms with Gasteiger partial charge in [0.15, 0.2) is 0 Å². The minimum atomic E-state index is -0.605. The van der Waals surface area contributed by atoms with Crippen molar-refractivity contribution in [2.75, 3.05) is 13.1 Å². The average Bonchev–Trinajstić information content (AvgIpc) is 2.45. The van der Waals surface area contributed by atoms with Crippen LogP contribution in [-0.4, -0.2) is 36.1 Å². The number of carbonyl (C=O) groups excluding carboxylic acids is 1. The van der Waals surface area contributed by atoms with Gasteiger partial charge in [0.1, 0.15) is 11.1 Å². The van der Waals surface area contributed by atoms with E-state index in [1.54, 1.807) is 23.1 Å². The van der Waals surface area contributed by atoms with Crippen molar-refractivity contribution in [3.05, 3.63) is 44.7 Å². The van der Waals surface area contributed by atoms with Crippen molar-refractivity contribution in [2.24, 2.45) is 0 Å². The molecule has 5 nitrogen and oxygen atoms in total. The molecule has 0 unspecified atom stereocenters. The van der Waals surface area contributed by atoms with E-state index in [2.05, 4.69) is 15.9 Å². The molecule has 1 aromatic heterocycles. The third-order valence-electron chi connectivity index (χ3n) is 3.63. The zero-order valence-corrected chi connectivity index (χ0v) is 13.9. The first-order valence-corrected chi connectivity index (χ1v) is 7.91. The number of carbonyl (C=O) groups is 1. The number of amides is 1. The SMILES string of the molecule is C[C@@H]1CN(C(=O)c2cc3cc(Br)ccc3oc2=O)C[C@H](C)O1. The molecule has 1 saturated heterocycles. The van der Waals surface area contributed by atoms with E-state index in [9.17, 15) is 9.59 Å². The summed E-state index contributed by atoms with van der Waals surface area (Å²) in [5.74, 6) is -0.308. The Morgan fingerprint density at radius 1 is 1.23 bits per heavy atom. The largest absolute Gasteiger partial charge is 0.422 e. The molecule has 1 aromatic carbocycles. The molecular weight excluding hydrogens is 350 g/mol. The van der Waals surface area contributed by atoms with E-state index in [1.165, 1.54) is 0 Å². The normalized spacial score (nSPS) is 22.0. The molecule has 0 saturated carbocycles. The van der Waals surface area contributed by atoms with Crippen molar-refractivity contribution in [3.63, 3.8) is 0 Å². The Morgan fingerprint density at radius 2 is 1.91 bits per heavy atom. The number of ether oxygens (including phenoxy) is 1. The Kier molecular flexibility index (Phi) is 4.06. The highest BCUT2D eigenvalue weighted by atomic mass is 79.9. The van der Waals surface area contributed by atoms with Gasteiger partial charge in [-0.25, -0.2) is 4.79 Å². The fourth-order valence-electron chi connectivity index (χ4n) is 2.76. The van der Waals surface area contributed by atoms with Crippen LogP contribution in [0.5, 0.6) is 0 Å². The highest BCUT2D eigenvalue weighted by Crippen LogP contribution is 2.20. The van der Waals surface area contributed by atoms with E-state index >= 15 is 0 Å². The van der Waals surface area contributed by atoms with Crippen molar-refractivity contribution in [2.45, 2.75) is 26.1 Å². The van der Waals surface area contributed by atoms with Gasteiger partial charge in [-0.2, -0.15) is 0 Å². The highest BCUT2D eigenvalue weighted by Gasteiger charge is 2.28. The highest BCUT2D eigenvalue weighted by molar-refractivity contribution is 9.10. The minimum Gasteiger partial charge on any atom is -0.422 e. The van der Waals surface area contributed by atoms with Crippen molar-refractivity contribution in [1.29, 1.82) is 0 Å². The van der Waals surface area contributed by atoms with Gasteiger partial charge in [0, 0.05) is 22.9 Å². The van der Waals surface area contributed by atoms with E-state index in [1.807, 2.05) is 19.9 Å². The summed E-state index contributed by atoms with van der Waals surface area (Å²) in [5, 5.41) is 0.715.